The smallest absolute Gasteiger partial charge is 0.205 e. The van der Waals surface area contributed by atoms with Crippen molar-refractivity contribution in [2.45, 2.75) is 61.3 Å². The number of ketones is 1. The number of Topliss-reactive ketones (excluding diaryl/α,β-unsaturated/α-hetero) is 1. The lowest BCUT2D eigenvalue weighted by Crippen LogP contribution is -2.23. The molecular weight excluding hydrogens is 210 g/mol. The van der Waals surface area contributed by atoms with Gasteiger partial charge in [0.15, 0.2) is 0 Å². The number of hydrogen-bond donors (Lipinski definition) is 0. The van der Waals surface area contributed by atoms with Crippen molar-refractivity contribution in [2.75, 3.05) is 0 Å². The molecule has 0 bridgehead atoms. The molecule has 0 radical (unpaired) electrons. The number of hydrogen-bond acceptors (Lipinski definition) is 2. The van der Waals surface area contributed by atoms with Gasteiger partial charge in [-0.15, -0.1) is 0 Å². The molecule has 0 fully saturated rings. The van der Waals surface area contributed by atoms with E-state index in [1.54, 1.807) is 0 Å². The van der Waals surface area contributed by atoms with E-state index >= 15 is 0 Å². The lowest BCUT2D eigenvalue weighted by atomic mass is 9.77. The molecule has 0 N–H and O–H groups in total. The molecule has 0 spiro atoms. The third kappa shape index (κ3) is 2.85. The van der Waals surface area contributed by atoms with E-state index < -0.39 is 0 Å². The van der Waals surface area contributed by atoms with Gasteiger partial charge < -0.3 is 0 Å². The summed E-state index contributed by atoms with van der Waals surface area (Å²) in [6.45, 7) is 14.7. The fraction of sp³-hybridized carbons (Fsp3) is 0.733. The number of aliphatic imine (C=N–C) groups is 1. The first-order chi connectivity index (χ1) is 7.59. The Balaban J connectivity index is 3.29. The Labute approximate surface area is 105 Å². The van der Waals surface area contributed by atoms with Crippen molar-refractivity contribution in [1.29, 1.82) is 0 Å². The van der Waals surface area contributed by atoms with E-state index in [9.17, 15) is 4.79 Å². The quantitative estimate of drug-likeness (QED) is 0.706. The number of carbonyl (C=O) groups is 1. The Morgan fingerprint density at radius 2 is 1.53 bits per heavy atom. The van der Waals surface area contributed by atoms with Crippen LogP contribution in [-0.4, -0.2) is 11.5 Å². The van der Waals surface area contributed by atoms with Gasteiger partial charge in [-0.3, -0.25) is 9.79 Å². The van der Waals surface area contributed by atoms with Gasteiger partial charge in [0.2, 0.25) is 5.78 Å². The van der Waals surface area contributed by atoms with Gasteiger partial charge in [-0.1, -0.05) is 54.9 Å². The van der Waals surface area contributed by atoms with Crippen LogP contribution in [0.15, 0.2) is 16.3 Å². The second-order valence-corrected chi connectivity index (χ2v) is 6.86. The average molecular weight is 235 g/mol. The lowest BCUT2D eigenvalue weighted by molar-refractivity contribution is -0.110. The third-order valence-electron chi connectivity index (χ3n) is 2.92. The van der Waals surface area contributed by atoms with Crippen LogP contribution in [0, 0.1) is 10.8 Å². The minimum Gasteiger partial charge on any atom is -0.288 e. The fourth-order valence-corrected chi connectivity index (χ4v) is 2.14. The van der Waals surface area contributed by atoms with Gasteiger partial charge >= 0.3 is 0 Å². The van der Waals surface area contributed by atoms with Gasteiger partial charge in [-0.25, -0.2) is 0 Å². The molecular formula is C15H25NO. The van der Waals surface area contributed by atoms with Gasteiger partial charge in [0.1, 0.15) is 0 Å². The van der Waals surface area contributed by atoms with Gasteiger partial charge in [0, 0.05) is 11.0 Å². The van der Waals surface area contributed by atoms with E-state index in [1.807, 2.05) is 0 Å². The molecule has 1 aliphatic heterocycles. The summed E-state index contributed by atoms with van der Waals surface area (Å²) < 4.78 is 0. The summed E-state index contributed by atoms with van der Waals surface area (Å²) in [7, 11) is 0. The standard InChI is InChI=1S/C15H25NO/c1-8-9-10-12(17)11(14(2,3)4)13(16-10)15(5,6)7/h8-9H2,1-7H3. The van der Waals surface area contributed by atoms with E-state index in [-0.39, 0.29) is 16.6 Å². The predicted octanol–water partition coefficient (Wildman–Crippen LogP) is 4.16. The predicted molar refractivity (Wildman–Crippen MR) is 73.3 cm³/mol. The summed E-state index contributed by atoms with van der Waals surface area (Å²) in [6, 6.07) is 0. The first-order valence-electron chi connectivity index (χ1n) is 6.46. The Morgan fingerprint density at radius 3 is 1.82 bits per heavy atom. The zero-order chi connectivity index (χ0) is 13.4. The van der Waals surface area contributed by atoms with Crippen LogP contribution in [0.1, 0.15) is 61.3 Å². The summed E-state index contributed by atoms with van der Waals surface area (Å²) in [5.41, 5.74) is 2.46. The lowest BCUT2D eigenvalue weighted by Gasteiger charge is -2.26. The molecule has 1 rings (SSSR count). The second kappa shape index (κ2) is 4.40. The fourth-order valence-electron chi connectivity index (χ4n) is 2.14. The van der Waals surface area contributed by atoms with Crippen molar-refractivity contribution in [1.82, 2.24) is 0 Å². The molecule has 2 heteroatoms. The summed E-state index contributed by atoms with van der Waals surface area (Å²) in [4.78, 5) is 17.0. The molecule has 0 aromatic rings. The Bertz CT molecular complexity index is 386. The van der Waals surface area contributed by atoms with Crippen molar-refractivity contribution < 1.29 is 4.79 Å². The Hall–Kier alpha value is -0.920. The zero-order valence-electron chi connectivity index (χ0n) is 12.3. The molecule has 0 aromatic carbocycles. The van der Waals surface area contributed by atoms with Crippen LogP contribution in [0.2, 0.25) is 0 Å². The summed E-state index contributed by atoms with van der Waals surface area (Å²) >= 11 is 0. The minimum absolute atomic E-state index is 0.0617. The van der Waals surface area contributed by atoms with Crippen molar-refractivity contribution in [2.24, 2.45) is 15.8 Å². The van der Waals surface area contributed by atoms with Crippen LogP contribution in [0.5, 0.6) is 0 Å². The average Bonchev–Trinajstić information content (AvgIpc) is 2.43. The highest BCUT2D eigenvalue weighted by molar-refractivity contribution is 6.48. The molecule has 0 aliphatic carbocycles. The van der Waals surface area contributed by atoms with E-state index in [2.05, 4.69) is 53.5 Å². The van der Waals surface area contributed by atoms with Crippen LogP contribution in [0.4, 0.5) is 0 Å². The van der Waals surface area contributed by atoms with E-state index in [0.29, 0.717) is 0 Å². The molecule has 1 heterocycles. The maximum atomic E-state index is 12.4. The van der Waals surface area contributed by atoms with E-state index in [0.717, 1.165) is 29.8 Å². The Kier molecular flexibility index (Phi) is 3.66. The minimum atomic E-state index is -0.126. The van der Waals surface area contributed by atoms with Gasteiger partial charge in [0.05, 0.1) is 11.4 Å². The molecule has 0 unspecified atom stereocenters. The van der Waals surface area contributed by atoms with Gasteiger partial charge in [0.25, 0.3) is 0 Å². The zero-order valence-corrected chi connectivity index (χ0v) is 12.3. The molecule has 0 amide bonds. The van der Waals surface area contributed by atoms with E-state index in [4.69, 9.17) is 0 Å². The highest BCUT2D eigenvalue weighted by atomic mass is 16.1. The topological polar surface area (TPSA) is 29.4 Å². The van der Waals surface area contributed by atoms with Crippen LogP contribution in [-0.2, 0) is 4.79 Å². The largest absolute Gasteiger partial charge is 0.288 e. The van der Waals surface area contributed by atoms with E-state index in [1.165, 1.54) is 0 Å². The van der Waals surface area contributed by atoms with Gasteiger partial charge in [-0.05, 0) is 11.8 Å². The number of nitrogens with zero attached hydrogens (tertiary/aromatic N) is 1. The maximum absolute atomic E-state index is 12.4. The van der Waals surface area contributed by atoms with Crippen LogP contribution >= 0.6 is 0 Å². The maximum Gasteiger partial charge on any atom is 0.205 e. The molecule has 0 saturated carbocycles. The second-order valence-electron chi connectivity index (χ2n) is 6.86. The van der Waals surface area contributed by atoms with Crippen molar-refractivity contribution in [3.8, 4) is 0 Å². The SMILES string of the molecule is CCCC1=NC(C(C)(C)C)=C(C(C)(C)C)C1=O. The third-order valence-corrected chi connectivity index (χ3v) is 2.92. The first kappa shape index (κ1) is 14.1. The van der Waals surface area contributed by atoms with Gasteiger partial charge in [-0.2, -0.15) is 0 Å². The monoisotopic (exact) mass is 235 g/mol. The molecule has 0 saturated heterocycles. The summed E-state index contributed by atoms with van der Waals surface area (Å²) in [5.74, 6) is 0.171. The van der Waals surface area contributed by atoms with Crippen molar-refractivity contribution >= 4 is 11.5 Å². The van der Waals surface area contributed by atoms with Crippen molar-refractivity contribution in [3.05, 3.63) is 11.3 Å². The highest BCUT2D eigenvalue weighted by Gasteiger charge is 2.38. The van der Waals surface area contributed by atoms with Crippen LogP contribution < -0.4 is 0 Å². The van der Waals surface area contributed by atoms with Crippen LogP contribution in [0.3, 0.4) is 0 Å². The summed E-state index contributed by atoms with van der Waals surface area (Å²) in [5, 5.41) is 0. The highest BCUT2D eigenvalue weighted by Crippen LogP contribution is 2.41. The molecule has 0 atom stereocenters. The molecule has 96 valence electrons. The summed E-state index contributed by atoms with van der Waals surface area (Å²) in [6.07, 6.45) is 1.76. The van der Waals surface area contributed by atoms with Crippen molar-refractivity contribution in [3.63, 3.8) is 0 Å². The van der Waals surface area contributed by atoms with Crippen LogP contribution in [0.25, 0.3) is 0 Å². The number of rotatable bonds is 2. The molecule has 2 nitrogen and oxygen atoms in total. The number of carbonyl (C=O) groups excluding carboxylic acids is 1. The normalized spacial score (nSPS) is 17.8. The molecule has 1 aliphatic rings. The molecule has 17 heavy (non-hydrogen) atoms. The number of allylic oxidation sites excluding steroid dienone is 2. The first-order valence-corrected chi connectivity index (χ1v) is 6.46. The Morgan fingerprint density at radius 1 is 1.00 bits per heavy atom. The molecule has 0 aromatic heterocycles.